The highest BCUT2D eigenvalue weighted by Gasteiger charge is 2.34. The van der Waals surface area contributed by atoms with E-state index in [9.17, 15) is 38.4 Å². The summed E-state index contributed by atoms with van der Waals surface area (Å²) >= 11 is 0. The van der Waals surface area contributed by atoms with Crippen LogP contribution in [0.15, 0.2) is 12.5 Å². The molecule has 1 aromatic heterocycles. The number of carboxylic acids is 2. The maximum Gasteiger partial charge on any atom is 0.322 e. The Morgan fingerprint density at radius 2 is 1.10 bits per heavy atom. The molecule has 0 aliphatic rings. The highest BCUT2D eigenvalue weighted by Crippen LogP contribution is 2.19. The number of H-pyrrole nitrogens is 1. The Morgan fingerprint density at radius 1 is 0.606 bits per heavy atom. The molecule has 408 valence electrons. The van der Waals surface area contributed by atoms with Crippen LogP contribution >= 0.6 is 0 Å². The molecule has 2 atom stereocenters. The van der Waals surface area contributed by atoms with Crippen LogP contribution < -0.4 is 32.3 Å². The van der Waals surface area contributed by atoms with Gasteiger partial charge in [0.25, 0.3) is 0 Å². The van der Waals surface area contributed by atoms with Crippen LogP contribution in [0.1, 0.15) is 149 Å². The fourth-order valence-electron chi connectivity index (χ4n) is 7.22. The topological polar surface area (TPSA) is 329 Å². The van der Waals surface area contributed by atoms with Crippen LogP contribution in [-0.4, -0.2) is 158 Å². The van der Waals surface area contributed by atoms with Crippen molar-refractivity contribution in [1.29, 1.82) is 0 Å². The number of nitrogens with two attached hydrogens (primary N) is 1. The molecule has 0 aromatic carbocycles. The fraction of sp³-hybridized carbons (Fsp3) is 0.776. The van der Waals surface area contributed by atoms with E-state index in [-0.39, 0.29) is 104 Å². The number of amides is 5. The van der Waals surface area contributed by atoms with Gasteiger partial charge in [-0.1, -0.05) is 83.5 Å². The van der Waals surface area contributed by atoms with E-state index in [4.69, 9.17) is 34.9 Å². The Balaban J connectivity index is 0.0000504. The van der Waals surface area contributed by atoms with Crippen LogP contribution in [0, 0.1) is 5.92 Å². The number of aliphatic carboxylic acids is 2. The zero-order valence-corrected chi connectivity index (χ0v) is 42.5. The summed E-state index contributed by atoms with van der Waals surface area (Å²) < 4.78 is 21.6. The number of aromatic amines is 1. The number of nitrogens with one attached hydrogen (secondary N) is 6. The van der Waals surface area contributed by atoms with E-state index >= 15 is 0 Å². The van der Waals surface area contributed by atoms with Crippen molar-refractivity contribution < 1.29 is 68.9 Å². The number of hydrogen-bond acceptors (Lipinski definition) is 14. The zero-order chi connectivity index (χ0) is 52.4. The number of carbonyl (C=O) groups excluding carboxylic acids is 6. The molecule has 10 N–H and O–H groups in total. The minimum absolute atomic E-state index is 0. The van der Waals surface area contributed by atoms with Crippen molar-refractivity contribution >= 4 is 47.3 Å². The molecule has 22 nitrogen and oxygen atoms in total. The molecule has 1 heterocycles. The van der Waals surface area contributed by atoms with Gasteiger partial charge in [0, 0.05) is 64.6 Å². The molecular formula is C49H88N8O14. The lowest BCUT2D eigenvalue weighted by atomic mass is 9.87. The maximum atomic E-state index is 13.3. The third-order valence-electron chi connectivity index (χ3n) is 11.4. The summed E-state index contributed by atoms with van der Waals surface area (Å²) in [7, 11) is 0. The largest absolute Gasteiger partial charge is 0.481 e. The predicted molar refractivity (Wildman–Crippen MR) is 266 cm³/mol. The Kier molecular flexibility index (Phi) is 37.5. The van der Waals surface area contributed by atoms with Crippen molar-refractivity contribution in [2.24, 2.45) is 11.7 Å². The summed E-state index contributed by atoms with van der Waals surface area (Å²) in [6.07, 6.45) is 20.8. The van der Waals surface area contributed by atoms with Crippen molar-refractivity contribution in [3.8, 4) is 0 Å². The van der Waals surface area contributed by atoms with E-state index in [2.05, 4.69) is 36.6 Å². The molecule has 0 spiro atoms. The number of nitrogens with zero attached hydrogens (tertiary/aromatic N) is 1. The van der Waals surface area contributed by atoms with E-state index in [0.717, 1.165) is 38.5 Å². The number of carbonyl (C=O) groups is 8. The Bertz CT molecular complexity index is 1660. The van der Waals surface area contributed by atoms with Crippen LogP contribution in [0.25, 0.3) is 0 Å². The Labute approximate surface area is 421 Å². The third-order valence-corrected chi connectivity index (χ3v) is 11.4. The van der Waals surface area contributed by atoms with E-state index in [0.29, 0.717) is 38.1 Å². The first-order valence-electron chi connectivity index (χ1n) is 25.5. The van der Waals surface area contributed by atoms with E-state index in [1.165, 1.54) is 77.7 Å². The van der Waals surface area contributed by atoms with Gasteiger partial charge in [0.15, 0.2) is 5.78 Å². The summed E-state index contributed by atoms with van der Waals surface area (Å²) in [5, 5.41) is 30.9. The van der Waals surface area contributed by atoms with Crippen molar-refractivity contribution in [3.63, 3.8) is 0 Å². The summed E-state index contributed by atoms with van der Waals surface area (Å²) in [6.45, 7) is 4.45. The maximum absolute atomic E-state index is 13.3. The lowest BCUT2D eigenvalue weighted by Crippen LogP contribution is -2.55. The molecule has 0 bridgehead atoms. The van der Waals surface area contributed by atoms with Crippen LogP contribution in [0.2, 0.25) is 0 Å². The van der Waals surface area contributed by atoms with Gasteiger partial charge in [0.1, 0.15) is 19.8 Å². The minimum Gasteiger partial charge on any atom is -0.481 e. The molecule has 1 rings (SSSR count). The standard InChI is InChI=1S/C49H86N8O14.H2/c1-49(2,57-48(67)40(50)32-39-33-51-37-56-39)41(58)31-38(47(66)55-34-46(64)65)19-17-18-22-52-43(60)35-70-29-28-69-26-24-54-44(61)36-71-30-27-68-25-23-53-42(59)20-15-13-11-9-7-5-3-4-6-8-10-12-14-16-21-45(62)63;/h33,37-38,40H,3-32,34-36,50H2,1-2H3,(H,51,56)(H,52,60)(H,53,59)(H,54,61)(H,55,66)(H,57,67)(H,62,63)(H,64,65);1H/t38-,40+;/m1./s1. The number of imidazole rings is 1. The molecule has 0 aliphatic carbocycles. The Hall–Kier alpha value is -5.03. The van der Waals surface area contributed by atoms with Gasteiger partial charge in [-0.25, -0.2) is 4.98 Å². The summed E-state index contributed by atoms with van der Waals surface area (Å²) in [4.78, 5) is 103. The second-order valence-electron chi connectivity index (χ2n) is 18.2. The fourth-order valence-corrected chi connectivity index (χ4v) is 7.22. The van der Waals surface area contributed by atoms with Crippen LogP contribution in [0.5, 0.6) is 0 Å². The number of ether oxygens (including phenoxy) is 4. The lowest BCUT2D eigenvalue weighted by molar-refractivity contribution is -0.139. The first kappa shape index (κ1) is 64.0. The van der Waals surface area contributed by atoms with Crippen molar-refractivity contribution in [3.05, 3.63) is 18.2 Å². The Morgan fingerprint density at radius 3 is 1.61 bits per heavy atom. The number of rotatable bonds is 48. The van der Waals surface area contributed by atoms with Crippen LogP contribution in [0.4, 0.5) is 0 Å². The van der Waals surface area contributed by atoms with Crippen molar-refractivity contribution in [1.82, 2.24) is 36.6 Å². The van der Waals surface area contributed by atoms with Gasteiger partial charge >= 0.3 is 11.9 Å². The molecule has 0 unspecified atom stereocenters. The van der Waals surface area contributed by atoms with Crippen molar-refractivity contribution in [2.75, 3.05) is 79.0 Å². The van der Waals surface area contributed by atoms with Gasteiger partial charge < -0.3 is 66.5 Å². The first-order valence-corrected chi connectivity index (χ1v) is 25.5. The van der Waals surface area contributed by atoms with Crippen LogP contribution in [0.3, 0.4) is 0 Å². The molecule has 0 aliphatic heterocycles. The molecule has 71 heavy (non-hydrogen) atoms. The van der Waals surface area contributed by atoms with E-state index < -0.39 is 53.6 Å². The highest BCUT2D eigenvalue weighted by molar-refractivity contribution is 5.96. The molecule has 0 saturated heterocycles. The lowest BCUT2D eigenvalue weighted by Gasteiger charge is -2.28. The smallest absolute Gasteiger partial charge is 0.322 e. The summed E-state index contributed by atoms with van der Waals surface area (Å²) in [5.74, 6) is -5.07. The molecule has 22 heteroatoms. The van der Waals surface area contributed by atoms with Gasteiger partial charge in [-0.3, -0.25) is 38.4 Å². The van der Waals surface area contributed by atoms with E-state index in [1.807, 2.05) is 0 Å². The number of Topliss-reactive ketones (excluding diaryl/α,β-unsaturated/α-hetero) is 1. The second-order valence-corrected chi connectivity index (χ2v) is 18.2. The predicted octanol–water partition coefficient (Wildman–Crippen LogP) is 3.11. The monoisotopic (exact) mass is 1010 g/mol. The SMILES string of the molecule is CC(C)(NC(=O)[C@@H](N)Cc1cnc[nH]1)C(=O)C[C@@H](CCCCNC(=O)COCCOCCNC(=O)COCCOCCNC(=O)CCCCCCCCCCCCCCCCC(=O)O)C(=O)NCC(=O)O.[HH]. The number of hydrogen-bond donors (Lipinski definition) is 9. The van der Waals surface area contributed by atoms with Gasteiger partial charge in [0.05, 0.1) is 57.5 Å². The zero-order valence-electron chi connectivity index (χ0n) is 42.5. The number of aromatic nitrogens is 2. The van der Waals surface area contributed by atoms with E-state index in [1.54, 1.807) is 0 Å². The average molecular weight is 1010 g/mol. The normalized spacial score (nSPS) is 12.2. The van der Waals surface area contributed by atoms with Gasteiger partial charge in [0.2, 0.25) is 29.5 Å². The van der Waals surface area contributed by atoms with Crippen LogP contribution in [-0.2, 0) is 63.7 Å². The summed E-state index contributed by atoms with van der Waals surface area (Å²) in [6, 6.07) is -0.953. The first-order chi connectivity index (χ1) is 34.1. The number of ketones is 1. The molecule has 0 radical (unpaired) electrons. The molecule has 0 fully saturated rings. The quantitative estimate of drug-likeness (QED) is 0.0424. The van der Waals surface area contributed by atoms with Gasteiger partial charge in [-0.15, -0.1) is 0 Å². The molecule has 0 saturated carbocycles. The minimum atomic E-state index is -1.36. The van der Waals surface area contributed by atoms with Gasteiger partial charge in [-0.2, -0.15) is 0 Å². The molecule has 5 amide bonds. The number of unbranched alkanes of at least 4 members (excludes halogenated alkanes) is 14. The molecule has 1 aromatic rings. The second kappa shape index (κ2) is 41.6. The number of carboxylic acid groups (broad SMARTS) is 2. The van der Waals surface area contributed by atoms with Crippen molar-refractivity contribution in [2.45, 2.75) is 160 Å². The highest BCUT2D eigenvalue weighted by atomic mass is 16.5. The third kappa shape index (κ3) is 37.4. The summed E-state index contributed by atoms with van der Waals surface area (Å²) in [5.41, 5.74) is 5.29. The molecular weight excluding hydrogens is 925 g/mol. The average Bonchev–Trinajstić information content (AvgIpc) is 3.84. The van der Waals surface area contributed by atoms with Gasteiger partial charge in [-0.05, 0) is 39.5 Å².